The second kappa shape index (κ2) is 27.0. The van der Waals surface area contributed by atoms with Crippen LogP contribution in [0.2, 0.25) is 0 Å². The van der Waals surface area contributed by atoms with Crippen LogP contribution in [-0.4, -0.2) is 37.2 Å². The summed E-state index contributed by atoms with van der Waals surface area (Å²) in [5.41, 5.74) is 0. The quantitative estimate of drug-likeness (QED) is 0.0588. The number of esters is 3. The van der Waals surface area contributed by atoms with Crippen molar-refractivity contribution in [2.75, 3.05) is 13.2 Å². The third-order valence-electron chi connectivity index (χ3n) is 7.15. The molecule has 0 rings (SSSR count). The molecule has 2 atom stereocenters. The fourth-order valence-corrected chi connectivity index (χ4v) is 4.30. The number of ether oxygens (including phenoxy) is 3. The van der Waals surface area contributed by atoms with Crippen LogP contribution in [0, 0.1) is 5.92 Å². The highest BCUT2D eigenvalue weighted by atomic mass is 16.6. The maximum absolute atomic E-state index is 12.3. The lowest BCUT2D eigenvalue weighted by Crippen LogP contribution is -2.30. The van der Waals surface area contributed by atoms with E-state index in [1.165, 1.54) is 44.9 Å². The minimum absolute atomic E-state index is 0.0696. The van der Waals surface area contributed by atoms with Gasteiger partial charge in [-0.15, -0.1) is 0 Å². The van der Waals surface area contributed by atoms with Gasteiger partial charge in [0.05, 0.1) is 0 Å². The Morgan fingerprint density at radius 1 is 0.526 bits per heavy atom. The van der Waals surface area contributed by atoms with E-state index in [1.807, 2.05) is 0 Å². The van der Waals surface area contributed by atoms with Crippen LogP contribution in [0.25, 0.3) is 0 Å². The average Bonchev–Trinajstić information content (AvgIpc) is 2.91. The second-order valence-corrected chi connectivity index (χ2v) is 11.0. The van der Waals surface area contributed by atoms with E-state index in [2.05, 4.69) is 27.7 Å². The Kier molecular flexibility index (Phi) is 25.9. The number of unbranched alkanes of at least 4 members (excludes halogenated alkanes) is 13. The molecule has 0 aliphatic rings. The third kappa shape index (κ3) is 24.7. The third-order valence-corrected chi connectivity index (χ3v) is 7.15. The van der Waals surface area contributed by atoms with Crippen LogP contribution in [0.5, 0.6) is 0 Å². The van der Waals surface area contributed by atoms with Gasteiger partial charge in [-0.25, -0.2) is 0 Å². The first kappa shape index (κ1) is 36.4. The van der Waals surface area contributed by atoms with Gasteiger partial charge < -0.3 is 14.2 Å². The van der Waals surface area contributed by atoms with Crippen LogP contribution >= 0.6 is 0 Å². The normalized spacial score (nSPS) is 12.6. The van der Waals surface area contributed by atoms with Gasteiger partial charge in [-0.1, -0.05) is 124 Å². The van der Waals surface area contributed by atoms with Crippen molar-refractivity contribution in [3.63, 3.8) is 0 Å². The fraction of sp³-hybridized carbons (Fsp3) is 0.906. The van der Waals surface area contributed by atoms with Crippen molar-refractivity contribution in [1.29, 1.82) is 0 Å². The molecular formula is C32H60O6. The van der Waals surface area contributed by atoms with Gasteiger partial charge in [0.25, 0.3) is 0 Å². The molecule has 0 heterocycles. The molecule has 0 saturated heterocycles. The standard InChI is InChI=1S/C32H60O6/c1-5-8-10-14-19-23-30(33)36-26-29(38-32(35)25-21-15-11-9-6-2)27-37-31(34)24-20-17-13-12-16-18-22-28(4)7-3/h28-29H,5-27H2,1-4H3/t28?,29-/m0/s1. The number of rotatable bonds is 27. The van der Waals surface area contributed by atoms with Crippen LogP contribution < -0.4 is 0 Å². The summed E-state index contributed by atoms with van der Waals surface area (Å²) in [5, 5.41) is 0. The Balaban J connectivity index is 4.30. The van der Waals surface area contributed by atoms with Crippen LogP contribution in [-0.2, 0) is 28.6 Å². The van der Waals surface area contributed by atoms with E-state index >= 15 is 0 Å². The first-order valence-corrected chi connectivity index (χ1v) is 15.9. The van der Waals surface area contributed by atoms with Gasteiger partial charge in [-0.05, 0) is 25.2 Å². The van der Waals surface area contributed by atoms with Crippen molar-refractivity contribution >= 4 is 17.9 Å². The van der Waals surface area contributed by atoms with Crippen molar-refractivity contribution in [3.05, 3.63) is 0 Å². The monoisotopic (exact) mass is 540 g/mol. The number of hydrogen-bond donors (Lipinski definition) is 0. The van der Waals surface area contributed by atoms with Crippen molar-refractivity contribution in [1.82, 2.24) is 0 Å². The SMILES string of the molecule is CCCCCCCC(=O)OC[C@@H](COC(=O)CCCCCCCCC(C)CC)OC(=O)CCCCCCC. The summed E-state index contributed by atoms with van der Waals surface area (Å²) in [6.45, 7) is 8.73. The molecule has 0 amide bonds. The molecule has 0 radical (unpaired) electrons. The van der Waals surface area contributed by atoms with Crippen LogP contribution in [0.4, 0.5) is 0 Å². The van der Waals surface area contributed by atoms with Gasteiger partial charge in [0.2, 0.25) is 0 Å². The molecule has 0 spiro atoms. The van der Waals surface area contributed by atoms with Gasteiger partial charge in [0, 0.05) is 19.3 Å². The Bertz CT molecular complexity index is 576. The lowest BCUT2D eigenvalue weighted by atomic mass is 10.00. The van der Waals surface area contributed by atoms with Gasteiger partial charge in [-0.2, -0.15) is 0 Å². The summed E-state index contributed by atoms with van der Waals surface area (Å²) < 4.78 is 16.3. The molecule has 6 heteroatoms. The minimum Gasteiger partial charge on any atom is -0.462 e. The first-order chi connectivity index (χ1) is 18.4. The number of hydrogen-bond acceptors (Lipinski definition) is 6. The highest BCUT2D eigenvalue weighted by molar-refractivity contribution is 5.71. The maximum atomic E-state index is 12.3. The van der Waals surface area contributed by atoms with Gasteiger partial charge >= 0.3 is 17.9 Å². The molecule has 6 nitrogen and oxygen atoms in total. The summed E-state index contributed by atoms with van der Waals surface area (Å²) in [5.74, 6) is -0.0912. The number of carbonyl (C=O) groups excluding carboxylic acids is 3. The predicted molar refractivity (Wildman–Crippen MR) is 155 cm³/mol. The lowest BCUT2D eigenvalue weighted by Gasteiger charge is -2.18. The summed E-state index contributed by atoms with van der Waals surface area (Å²) >= 11 is 0. The molecule has 0 aliphatic heterocycles. The van der Waals surface area contributed by atoms with Crippen molar-refractivity contribution in [3.8, 4) is 0 Å². The van der Waals surface area contributed by atoms with E-state index in [1.54, 1.807) is 0 Å². The van der Waals surface area contributed by atoms with Crippen LogP contribution in [0.3, 0.4) is 0 Å². The zero-order chi connectivity index (χ0) is 28.3. The molecule has 38 heavy (non-hydrogen) atoms. The van der Waals surface area contributed by atoms with E-state index < -0.39 is 6.10 Å². The molecule has 1 unspecified atom stereocenters. The largest absolute Gasteiger partial charge is 0.462 e. The van der Waals surface area contributed by atoms with Crippen LogP contribution in [0.15, 0.2) is 0 Å². The molecule has 0 aliphatic carbocycles. The highest BCUT2D eigenvalue weighted by Crippen LogP contribution is 2.15. The Morgan fingerprint density at radius 2 is 0.921 bits per heavy atom. The predicted octanol–water partition coefficient (Wildman–Crippen LogP) is 8.87. The molecule has 224 valence electrons. The van der Waals surface area contributed by atoms with Crippen molar-refractivity contribution < 1.29 is 28.6 Å². The zero-order valence-corrected chi connectivity index (χ0v) is 25.4. The molecule has 0 aromatic rings. The summed E-state index contributed by atoms with van der Waals surface area (Å²) in [6.07, 6.45) is 20.1. The van der Waals surface area contributed by atoms with Crippen LogP contribution in [0.1, 0.15) is 163 Å². The van der Waals surface area contributed by atoms with E-state index in [4.69, 9.17) is 14.2 Å². The summed E-state index contributed by atoms with van der Waals surface area (Å²) in [6, 6.07) is 0. The van der Waals surface area contributed by atoms with Crippen molar-refractivity contribution in [2.24, 2.45) is 5.92 Å². The molecule has 0 aromatic heterocycles. The minimum atomic E-state index is -0.753. The van der Waals surface area contributed by atoms with Crippen molar-refractivity contribution in [2.45, 2.75) is 169 Å². The summed E-state index contributed by atoms with van der Waals surface area (Å²) in [4.78, 5) is 36.7. The molecule has 0 aromatic carbocycles. The molecule has 0 fully saturated rings. The van der Waals surface area contributed by atoms with Gasteiger partial charge in [-0.3, -0.25) is 14.4 Å². The topological polar surface area (TPSA) is 78.9 Å². The number of carbonyl (C=O) groups is 3. The zero-order valence-electron chi connectivity index (χ0n) is 25.4. The molecular weight excluding hydrogens is 480 g/mol. The second-order valence-electron chi connectivity index (χ2n) is 11.0. The molecule has 0 saturated carbocycles. The van der Waals surface area contributed by atoms with Gasteiger partial charge in [0.15, 0.2) is 6.10 Å². The highest BCUT2D eigenvalue weighted by Gasteiger charge is 2.19. The maximum Gasteiger partial charge on any atom is 0.306 e. The van der Waals surface area contributed by atoms with Gasteiger partial charge in [0.1, 0.15) is 13.2 Å². The Morgan fingerprint density at radius 3 is 1.37 bits per heavy atom. The first-order valence-electron chi connectivity index (χ1n) is 15.9. The van der Waals surface area contributed by atoms with E-state index in [0.717, 1.165) is 76.5 Å². The summed E-state index contributed by atoms with van der Waals surface area (Å²) in [7, 11) is 0. The lowest BCUT2D eigenvalue weighted by molar-refractivity contribution is -0.167. The van der Waals surface area contributed by atoms with E-state index in [0.29, 0.717) is 19.3 Å². The van der Waals surface area contributed by atoms with E-state index in [9.17, 15) is 14.4 Å². The smallest absolute Gasteiger partial charge is 0.306 e. The van der Waals surface area contributed by atoms with E-state index in [-0.39, 0.29) is 31.1 Å². The fourth-order valence-electron chi connectivity index (χ4n) is 4.30. The molecule has 0 bridgehead atoms. The average molecular weight is 541 g/mol. The molecule has 0 N–H and O–H groups in total. The Hall–Kier alpha value is -1.59. The Labute approximate surface area is 234 Å².